The molecule has 26 heavy (non-hydrogen) atoms. The normalized spacial score (nSPS) is 19.5. The van der Waals surface area contributed by atoms with Crippen molar-refractivity contribution < 1.29 is 9.59 Å². The Bertz CT molecular complexity index is 861. The lowest BCUT2D eigenvalue weighted by atomic mass is 9.87. The van der Waals surface area contributed by atoms with E-state index in [1.165, 1.54) is 16.1 Å². The number of anilines is 1. The van der Waals surface area contributed by atoms with Crippen LogP contribution >= 0.6 is 0 Å². The second-order valence-corrected chi connectivity index (χ2v) is 6.70. The third kappa shape index (κ3) is 3.25. The topological polar surface area (TPSA) is 61.8 Å². The molecule has 0 radical (unpaired) electrons. The first-order chi connectivity index (χ1) is 12.7. The van der Waals surface area contributed by atoms with Gasteiger partial charge in [0.1, 0.15) is 5.71 Å². The van der Waals surface area contributed by atoms with Gasteiger partial charge >= 0.3 is 0 Å². The number of hydrogen-bond acceptors (Lipinski definition) is 3. The number of benzene rings is 2. The molecule has 0 fully saturated rings. The van der Waals surface area contributed by atoms with Gasteiger partial charge in [-0.2, -0.15) is 5.10 Å². The van der Waals surface area contributed by atoms with E-state index < -0.39 is 0 Å². The van der Waals surface area contributed by atoms with Gasteiger partial charge in [0, 0.05) is 12.8 Å². The molecular formula is C21H21N3O2. The van der Waals surface area contributed by atoms with E-state index in [9.17, 15) is 9.59 Å². The largest absolute Gasteiger partial charge is 0.344 e. The van der Waals surface area contributed by atoms with Crippen molar-refractivity contribution in [2.75, 3.05) is 5.01 Å². The van der Waals surface area contributed by atoms with Gasteiger partial charge in [-0.05, 0) is 42.5 Å². The highest BCUT2D eigenvalue weighted by Crippen LogP contribution is 2.29. The Morgan fingerprint density at radius 3 is 2.62 bits per heavy atom. The first kappa shape index (κ1) is 16.5. The minimum absolute atomic E-state index is 0.0120. The Morgan fingerprint density at radius 2 is 1.77 bits per heavy atom. The molecule has 0 aromatic heterocycles. The van der Waals surface area contributed by atoms with Gasteiger partial charge in [0.25, 0.3) is 5.91 Å². The quantitative estimate of drug-likeness (QED) is 0.925. The molecule has 1 unspecified atom stereocenters. The summed E-state index contributed by atoms with van der Waals surface area (Å²) < 4.78 is 0. The summed E-state index contributed by atoms with van der Waals surface area (Å²) in [6.45, 7) is 0. The van der Waals surface area contributed by atoms with Gasteiger partial charge in [-0.25, -0.2) is 5.01 Å². The fourth-order valence-electron chi connectivity index (χ4n) is 3.63. The summed E-state index contributed by atoms with van der Waals surface area (Å²) in [4.78, 5) is 25.0. The van der Waals surface area contributed by atoms with E-state index in [4.69, 9.17) is 0 Å². The van der Waals surface area contributed by atoms with E-state index in [0.29, 0.717) is 24.2 Å². The first-order valence-corrected chi connectivity index (χ1v) is 9.06. The van der Waals surface area contributed by atoms with E-state index in [0.717, 1.165) is 19.3 Å². The van der Waals surface area contributed by atoms with Crippen molar-refractivity contribution in [1.82, 2.24) is 5.32 Å². The van der Waals surface area contributed by atoms with E-state index >= 15 is 0 Å². The van der Waals surface area contributed by atoms with Crippen molar-refractivity contribution >= 4 is 23.2 Å². The molecule has 0 spiro atoms. The second kappa shape index (κ2) is 7.12. The molecule has 132 valence electrons. The number of hydrogen-bond donors (Lipinski definition) is 1. The summed E-state index contributed by atoms with van der Waals surface area (Å²) in [5, 5.41) is 8.81. The Labute approximate surface area is 152 Å². The van der Waals surface area contributed by atoms with Crippen molar-refractivity contribution in [2.45, 2.75) is 38.1 Å². The van der Waals surface area contributed by atoms with Gasteiger partial charge in [-0.3, -0.25) is 9.59 Å². The molecule has 1 aliphatic heterocycles. The zero-order valence-corrected chi connectivity index (χ0v) is 14.5. The fourth-order valence-corrected chi connectivity index (χ4v) is 3.63. The number of hydrazone groups is 1. The zero-order valence-electron chi connectivity index (χ0n) is 14.5. The van der Waals surface area contributed by atoms with Crippen LogP contribution in [0.2, 0.25) is 0 Å². The average Bonchev–Trinajstić information content (AvgIpc) is 2.69. The molecule has 0 bridgehead atoms. The number of rotatable bonds is 3. The van der Waals surface area contributed by atoms with Gasteiger partial charge in [-0.1, -0.05) is 42.5 Å². The number of nitrogens with zero attached hydrogens (tertiary/aromatic N) is 2. The summed E-state index contributed by atoms with van der Waals surface area (Å²) >= 11 is 0. The number of carbonyl (C=O) groups is 2. The predicted octanol–water partition coefficient (Wildman–Crippen LogP) is 3.36. The monoisotopic (exact) mass is 347 g/mol. The van der Waals surface area contributed by atoms with Crippen molar-refractivity contribution in [2.24, 2.45) is 5.10 Å². The molecular weight excluding hydrogens is 326 g/mol. The highest BCUT2D eigenvalue weighted by atomic mass is 16.2. The van der Waals surface area contributed by atoms with E-state index in [-0.39, 0.29) is 17.9 Å². The molecule has 1 atom stereocenters. The maximum Gasteiger partial charge on any atom is 0.267 e. The Balaban J connectivity index is 1.54. The van der Waals surface area contributed by atoms with E-state index in [1.54, 1.807) is 0 Å². The minimum atomic E-state index is -0.180. The lowest BCUT2D eigenvalue weighted by Gasteiger charge is -2.28. The van der Waals surface area contributed by atoms with Crippen LogP contribution in [0.5, 0.6) is 0 Å². The molecule has 2 aliphatic rings. The van der Waals surface area contributed by atoms with Crippen LogP contribution in [0.3, 0.4) is 0 Å². The van der Waals surface area contributed by atoms with Gasteiger partial charge < -0.3 is 5.32 Å². The summed E-state index contributed by atoms with van der Waals surface area (Å²) in [7, 11) is 0. The molecule has 1 N–H and O–H groups in total. The number of amides is 2. The van der Waals surface area contributed by atoms with E-state index in [2.05, 4.69) is 22.6 Å². The smallest absolute Gasteiger partial charge is 0.267 e. The Kier molecular flexibility index (Phi) is 4.52. The molecule has 2 aromatic carbocycles. The van der Waals surface area contributed by atoms with Gasteiger partial charge in [0.15, 0.2) is 0 Å². The minimum Gasteiger partial charge on any atom is -0.344 e. The summed E-state index contributed by atoms with van der Waals surface area (Å²) in [5.74, 6) is -0.268. The van der Waals surface area contributed by atoms with Crippen molar-refractivity contribution in [1.29, 1.82) is 0 Å². The summed E-state index contributed by atoms with van der Waals surface area (Å²) in [6.07, 6.45) is 3.71. The highest BCUT2D eigenvalue weighted by Gasteiger charge is 2.28. The number of para-hydroxylation sites is 1. The Hall–Kier alpha value is -2.95. The predicted molar refractivity (Wildman–Crippen MR) is 101 cm³/mol. The first-order valence-electron chi connectivity index (χ1n) is 9.06. The average molecular weight is 347 g/mol. The van der Waals surface area contributed by atoms with Crippen molar-refractivity contribution in [3.8, 4) is 0 Å². The molecule has 1 aliphatic carbocycles. The summed E-state index contributed by atoms with van der Waals surface area (Å²) in [6, 6.07) is 17.5. The van der Waals surface area contributed by atoms with Crippen LogP contribution in [0, 0.1) is 0 Å². The standard InChI is InChI=1S/C21H21N3O2/c25-20-14-13-19(23-24(20)16-9-2-1-3-10-16)21(26)22-18-12-6-8-15-7-4-5-11-17(15)18/h1-5,7,9-11,18H,6,8,12-14H2,(H,22,26). The molecule has 2 aromatic rings. The molecule has 0 saturated carbocycles. The molecule has 4 rings (SSSR count). The molecule has 2 amide bonds. The molecule has 1 heterocycles. The lowest BCUT2D eigenvalue weighted by molar-refractivity contribution is -0.119. The van der Waals surface area contributed by atoms with Crippen LogP contribution in [0.1, 0.15) is 42.9 Å². The van der Waals surface area contributed by atoms with Crippen LogP contribution in [0.4, 0.5) is 5.69 Å². The lowest BCUT2D eigenvalue weighted by Crippen LogP contribution is -2.41. The van der Waals surface area contributed by atoms with Crippen molar-refractivity contribution in [3.63, 3.8) is 0 Å². The number of fused-ring (bicyclic) bond motifs is 1. The van der Waals surface area contributed by atoms with Gasteiger partial charge in [0.05, 0.1) is 11.7 Å². The second-order valence-electron chi connectivity index (χ2n) is 6.70. The van der Waals surface area contributed by atoms with Gasteiger partial charge in [-0.15, -0.1) is 0 Å². The van der Waals surface area contributed by atoms with Gasteiger partial charge in [0.2, 0.25) is 5.91 Å². The van der Waals surface area contributed by atoms with Crippen LogP contribution in [-0.2, 0) is 16.0 Å². The molecule has 5 nitrogen and oxygen atoms in total. The van der Waals surface area contributed by atoms with Crippen LogP contribution in [0.15, 0.2) is 59.7 Å². The molecule has 0 saturated heterocycles. The number of aryl methyl sites for hydroxylation is 1. The van der Waals surface area contributed by atoms with Crippen molar-refractivity contribution in [3.05, 3.63) is 65.7 Å². The SMILES string of the molecule is O=C(NC1CCCc2ccccc21)C1=NN(c2ccccc2)C(=O)CC1. The maximum absolute atomic E-state index is 12.8. The number of carbonyl (C=O) groups excluding carboxylic acids is 2. The maximum atomic E-state index is 12.8. The van der Waals surface area contributed by atoms with Crippen LogP contribution in [0.25, 0.3) is 0 Å². The third-order valence-electron chi connectivity index (χ3n) is 4.97. The van der Waals surface area contributed by atoms with Crippen LogP contribution < -0.4 is 10.3 Å². The van der Waals surface area contributed by atoms with E-state index in [1.807, 2.05) is 42.5 Å². The zero-order chi connectivity index (χ0) is 17.9. The molecule has 5 heteroatoms. The summed E-state index contributed by atoms with van der Waals surface area (Å²) in [5.41, 5.74) is 3.59. The number of nitrogens with one attached hydrogen (secondary N) is 1. The highest BCUT2D eigenvalue weighted by molar-refractivity contribution is 6.40. The Morgan fingerprint density at radius 1 is 1.00 bits per heavy atom. The third-order valence-corrected chi connectivity index (χ3v) is 4.97. The van der Waals surface area contributed by atoms with Crippen LogP contribution in [-0.4, -0.2) is 17.5 Å². The fraction of sp³-hybridized carbons (Fsp3) is 0.286.